The average molecular weight is 445 g/mol. The van der Waals surface area contributed by atoms with Crippen molar-refractivity contribution in [3.05, 3.63) is 60.2 Å². The number of sulfonamides is 1. The second kappa shape index (κ2) is 10.7. The molecule has 1 aliphatic heterocycles. The van der Waals surface area contributed by atoms with E-state index in [1.165, 1.54) is 4.31 Å². The van der Waals surface area contributed by atoms with E-state index in [2.05, 4.69) is 22.2 Å². The maximum Gasteiger partial charge on any atom is 0.264 e. The van der Waals surface area contributed by atoms with Crippen LogP contribution in [0, 0.1) is 6.92 Å². The van der Waals surface area contributed by atoms with Gasteiger partial charge in [0.15, 0.2) is 0 Å². The first-order chi connectivity index (χ1) is 14.9. The molecule has 1 aliphatic rings. The van der Waals surface area contributed by atoms with Crippen molar-refractivity contribution < 1.29 is 13.2 Å². The smallest absolute Gasteiger partial charge is 0.264 e. The normalized spacial score (nSPS) is 15.5. The van der Waals surface area contributed by atoms with Gasteiger partial charge in [-0.05, 0) is 51.2 Å². The van der Waals surface area contributed by atoms with Crippen molar-refractivity contribution in [2.24, 2.45) is 0 Å². The molecule has 0 saturated carbocycles. The Morgan fingerprint density at radius 1 is 1.00 bits per heavy atom. The van der Waals surface area contributed by atoms with Crippen LogP contribution in [0.1, 0.15) is 12.0 Å². The largest absolute Gasteiger partial charge is 0.354 e. The van der Waals surface area contributed by atoms with E-state index in [0.29, 0.717) is 12.2 Å². The number of piperazine rings is 1. The molecule has 2 aromatic carbocycles. The van der Waals surface area contributed by atoms with Gasteiger partial charge in [0.1, 0.15) is 6.54 Å². The van der Waals surface area contributed by atoms with Gasteiger partial charge >= 0.3 is 0 Å². The summed E-state index contributed by atoms with van der Waals surface area (Å²) in [5, 5.41) is 2.88. The van der Waals surface area contributed by atoms with Crippen molar-refractivity contribution in [1.82, 2.24) is 15.1 Å². The Balaban J connectivity index is 1.62. The molecule has 2 aromatic rings. The molecule has 1 N–H and O–H groups in total. The molecule has 0 unspecified atom stereocenters. The lowest BCUT2D eigenvalue weighted by molar-refractivity contribution is -0.119. The fourth-order valence-corrected chi connectivity index (χ4v) is 4.98. The summed E-state index contributed by atoms with van der Waals surface area (Å²) in [6, 6.07) is 15.4. The van der Waals surface area contributed by atoms with E-state index >= 15 is 0 Å². The Labute approximate surface area is 185 Å². The molecule has 1 heterocycles. The molecule has 0 spiro atoms. The van der Waals surface area contributed by atoms with Gasteiger partial charge < -0.3 is 15.1 Å². The second-order valence-corrected chi connectivity index (χ2v) is 9.87. The SMILES string of the molecule is Cc1ccc(N(CC(=O)NCCCN2CCN(C)CC2)S(=O)(=O)c2ccccc2)cc1. The third-order valence-corrected chi connectivity index (χ3v) is 7.30. The summed E-state index contributed by atoms with van der Waals surface area (Å²) in [4.78, 5) is 17.5. The molecular weight excluding hydrogens is 412 g/mol. The van der Waals surface area contributed by atoms with Gasteiger partial charge in [0.25, 0.3) is 10.0 Å². The number of anilines is 1. The van der Waals surface area contributed by atoms with Crippen LogP contribution in [0.5, 0.6) is 0 Å². The molecular formula is C23H32N4O3S. The molecule has 1 saturated heterocycles. The monoisotopic (exact) mass is 444 g/mol. The minimum absolute atomic E-state index is 0.165. The number of nitrogens with one attached hydrogen (secondary N) is 1. The number of hydrogen-bond acceptors (Lipinski definition) is 5. The summed E-state index contributed by atoms with van der Waals surface area (Å²) >= 11 is 0. The van der Waals surface area contributed by atoms with Crippen molar-refractivity contribution in [2.45, 2.75) is 18.2 Å². The van der Waals surface area contributed by atoms with Gasteiger partial charge in [-0.2, -0.15) is 0 Å². The van der Waals surface area contributed by atoms with E-state index in [1.54, 1.807) is 42.5 Å². The predicted octanol–water partition coefficient (Wildman–Crippen LogP) is 1.94. The molecule has 0 bridgehead atoms. The fraction of sp³-hybridized carbons (Fsp3) is 0.435. The van der Waals surface area contributed by atoms with Gasteiger partial charge in [-0.25, -0.2) is 8.42 Å². The minimum atomic E-state index is -3.86. The van der Waals surface area contributed by atoms with Gasteiger partial charge in [0.05, 0.1) is 10.6 Å². The third-order valence-electron chi connectivity index (χ3n) is 5.51. The van der Waals surface area contributed by atoms with Gasteiger partial charge in [0.2, 0.25) is 5.91 Å². The minimum Gasteiger partial charge on any atom is -0.354 e. The molecule has 3 rings (SSSR count). The molecule has 1 amide bonds. The zero-order valence-corrected chi connectivity index (χ0v) is 19.1. The van der Waals surface area contributed by atoms with Gasteiger partial charge in [-0.1, -0.05) is 35.9 Å². The molecule has 31 heavy (non-hydrogen) atoms. The first kappa shape index (κ1) is 23.2. The van der Waals surface area contributed by atoms with Crippen LogP contribution in [0.4, 0.5) is 5.69 Å². The molecule has 7 nitrogen and oxygen atoms in total. The first-order valence-electron chi connectivity index (χ1n) is 10.7. The lowest BCUT2D eigenvalue weighted by Crippen LogP contribution is -2.45. The van der Waals surface area contributed by atoms with Gasteiger partial charge in [-0.15, -0.1) is 0 Å². The van der Waals surface area contributed by atoms with E-state index in [1.807, 2.05) is 19.1 Å². The molecule has 8 heteroatoms. The van der Waals surface area contributed by atoms with E-state index in [9.17, 15) is 13.2 Å². The molecule has 0 atom stereocenters. The molecule has 0 radical (unpaired) electrons. The number of likely N-dealkylation sites (N-methyl/N-ethyl adjacent to an activating group) is 1. The number of carbonyl (C=O) groups excluding carboxylic acids is 1. The van der Waals surface area contributed by atoms with E-state index < -0.39 is 10.0 Å². The first-order valence-corrected chi connectivity index (χ1v) is 12.1. The Bertz CT molecular complexity index is 941. The van der Waals surface area contributed by atoms with Crippen molar-refractivity contribution in [2.75, 3.05) is 57.2 Å². The number of nitrogens with zero attached hydrogens (tertiary/aromatic N) is 3. The summed E-state index contributed by atoms with van der Waals surface area (Å²) in [6.07, 6.45) is 0.839. The Morgan fingerprint density at radius 3 is 2.29 bits per heavy atom. The second-order valence-electron chi connectivity index (χ2n) is 8.01. The highest BCUT2D eigenvalue weighted by Gasteiger charge is 2.27. The summed E-state index contributed by atoms with van der Waals surface area (Å²) in [5.74, 6) is -0.307. The highest BCUT2D eigenvalue weighted by molar-refractivity contribution is 7.92. The summed E-state index contributed by atoms with van der Waals surface area (Å²) in [5.41, 5.74) is 1.50. The van der Waals surface area contributed by atoms with Crippen LogP contribution >= 0.6 is 0 Å². The quantitative estimate of drug-likeness (QED) is 0.599. The summed E-state index contributed by atoms with van der Waals surface area (Å²) in [6.45, 7) is 7.35. The Hall–Kier alpha value is -2.42. The zero-order valence-electron chi connectivity index (χ0n) is 18.3. The van der Waals surface area contributed by atoms with E-state index in [0.717, 1.165) is 44.7 Å². The van der Waals surface area contributed by atoms with Crippen molar-refractivity contribution in [3.63, 3.8) is 0 Å². The van der Waals surface area contributed by atoms with Crippen LogP contribution in [0.2, 0.25) is 0 Å². The molecule has 1 fully saturated rings. The maximum atomic E-state index is 13.3. The van der Waals surface area contributed by atoms with Crippen LogP contribution in [0.25, 0.3) is 0 Å². The zero-order chi connectivity index (χ0) is 22.3. The van der Waals surface area contributed by atoms with Crippen molar-refractivity contribution in [1.29, 1.82) is 0 Å². The lowest BCUT2D eigenvalue weighted by atomic mass is 10.2. The van der Waals surface area contributed by atoms with E-state index in [-0.39, 0.29) is 17.3 Å². The third kappa shape index (κ3) is 6.53. The van der Waals surface area contributed by atoms with Crippen LogP contribution < -0.4 is 9.62 Å². The van der Waals surface area contributed by atoms with Crippen LogP contribution in [-0.2, 0) is 14.8 Å². The topological polar surface area (TPSA) is 73.0 Å². The number of hydrogen-bond donors (Lipinski definition) is 1. The van der Waals surface area contributed by atoms with Gasteiger partial charge in [-0.3, -0.25) is 9.10 Å². The van der Waals surface area contributed by atoms with Crippen molar-refractivity contribution >= 4 is 21.6 Å². The Kier molecular flexibility index (Phi) is 8.06. The summed E-state index contributed by atoms with van der Waals surface area (Å²) in [7, 11) is -1.73. The van der Waals surface area contributed by atoms with Gasteiger partial charge in [0, 0.05) is 32.7 Å². The highest BCUT2D eigenvalue weighted by Crippen LogP contribution is 2.23. The number of rotatable bonds is 9. The predicted molar refractivity (Wildman–Crippen MR) is 124 cm³/mol. The van der Waals surface area contributed by atoms with Crippen LogP contribution in [0.3, 0.4) is 0 Å². The maximum absolute atomic E-state index is 13.3. The number of carbonyl (C=O) groups is 1. The number of aryl methyl sites for hydroxylation is 1. The fourth-order valence-electron chi connectivity index (χ4n) is 3.53. The number of benzene rings is 2. The average Bonchev–Trinajstić information content (AvgIpc) is 2.77. The molecule has 0 aliphatic carbocycles. The molecule has 0 aromatic heterocycles. The van der Waals surface area contributed by atoms with Crippen LogP contribution in [-0.4, -0.2) is 77.0 Å². The van der Waals surface area contributed by atoms with Crippen LogP contribution in [0.15, 0.2) is 59.5 Å². The van der Waals surface area contributed by atoms with Crippen molar-refractivity contribution in [3.8, 4) is 0 Å². The summed E-state index contributed by atoms with van der Waals surface area (Å²) < 4.78 is 27.7. The lowest BCUT2D eigenvalue weighted by Gasteiger charge is -2.32. The highest BCUT2D eigenvalue weighted by atomic mass is 32.2. The standard InChI is InChI=1S/C23H32N4O3S/c1-20-9-11-21(12-10-20)27(31(29,30)22-7-4-3-5-8-22)19-23(28)24-13-6-14-26-17-15-25(2)16-18-26/h3-5,7-12H,6,13-19H2,1-2H3,(H,24,28). The van der Waals surface area contributed by atoms with E-state index in [4.69, 9.17) is 0 Å². The Morgan fingerprint density at radius 2 is 1.65 bits per heavy atom. The number of amides is 1. The molecule has 168 valence electrons.